The second-order valence-corrected chi connectivity index (χ2v) is 6.65. The molecule has 0 spiro atoms. The molecule has 118 valence electrons. The van der Waals surface area contributed by atoms with E-state index in [2.05, 4.69) is 37.4 Å². The number of benzene rings is 1. The monoisotopic (exact) mass is 309 g/mol. The van der Waals surface area contributed by atoms with Gasteiger partial charge < -0.3 is 10.1 Å². The topological polar surface area (TPSA) is 21.3 Å². The van der Waals surface area contributed by atoms with Crippen molar-refractivity contribution in [1.82, 2.24) is 5.32 Å². The Hall–Kier alpha value is -0.570. The minimum Gasteiger partial charge on any atom is -0.377 e. The maximum atomic E-state index is 6.43. The molecule has 3 heteroatoms. The van der Waals surface area contributed by atoms with Crippen molar-refractivity contribution in [1.29, 1.82) is 0 Å². The fraction of sp³-hybridized carbons (Fsp3) is 0.667. The number of hydrogen-bond acceptors (Lipinski definition) is 2. The Morgan fingerprint density at radius 3 is 2.57 bits per heavy atom. The number of nitrogens with one attached hydrogen (secondary N) is 1. The van der Waals surface area contributed by atoms with E-state index in [0.29, 0.717) is 6.04 Å². The van der Waals surface area contributed by atoms with E-state index >= 15 is 0 Å². The van der Waals surface area contributed by atoms with Crippen LogP contribution in [0.1, 0.15) is 50.2 Å². The number of rotatable bonds is 6. The molecule has 1 aromatic rings. The molecule has 2 nitrogen and oxygen atoms in total. The Bertz CT molecular complexity index is 455. The molecule has 0 bridgehead atoms. The van der Waals surface area contributed by atoms with Crippen LogP contribution in [0.3, 0.4) is 0 Å². The molecular formula is C18H28ClNO. The van der Waals surface area contributed by atoms with Crippen LogP contribution in [0.2, 0.25) is 5.02 Å². The number of hydrogen-bond donors (Lipinski definition) is 1. The van der Waals surface area contributed by atoms with Gasteiger partial charge >= 0.3 is 0 Å². The van der Waals surface area contributed by atoms with Crippen LogP contribution in [0.4, 0.5) is 0 Å². The van der Waals surface area contributed by atoms with Gasteiger partial charge in [-0.3, -0.25) is 0 Å². The number of aryl methyl sites for hydroxylation is 1. The third-order valence-electron chi connectivity index (χ3n) is 4.82. The Morgan fingerprint density at radius 2 is 2.00 bits per heavy atom. The van der Waals surface area contributed by atoms with Crippen LogP contribution in [-0.2, 0) is 11.2 Å². The van der Waals surface area contributed by atoms with Gasteiger partial charge in [0, 0.05) is 18.2 Å². The van der Waals surface area contributed by atoms with Gasteiger partial charge in [0.05, 0.1) is 5.60 Å². The van der Waals surface area contributed by atoms with E-state index < -0.39 is 0 Å². The summed E-state index contributed by atoms with van der Waals surface area (Å²) in [5.41, 5.74) is 2.39. The predicted molar refractivity (Wildman–Crippen MR) is 90.2 cm³/mol. The number of halogens is 1. The van der Waals surface area contributed by atoms with Crippen LogP contribution in [0.25, 0.3) is 0 Å². The fourth-order valence-corrected chi connectivity index (χ4v) is 3.89. The average molecular weight is 310 g/mol. The van der Waals surface area contributed by atoms with Gasteiger partial charge in [0.25, 0.3) is 0 Å². The van der Waals surface area contributed by atoms with Gasteiger partial charge in [-0.15, -0.1) is 0 Å². The third kappa shape index (κ3) is 4.00. The zero-order chi connectivity index (χ0) is 15.3. The van der Waals surface area contributed by atoms with Crippen LogP contribution in [0, 0.1) is 6.92 Å². The maximum absolute atomic E-state index is 6.43. The lowest BCUT2D eigenvalue weighted by Gasteiger charge is -2.43. The number of likely N-dealkylation sites (N-methyl/N-ethyl adjacent to an activating group) is 1. The summed E-state index contributed by atoms with van der Waals surface area (Å²) in [4.78, 5) is 0. The van der Waals surface area contributed by atoms with Crippen LogP contribution >= 0.6 is 11.6 Å². The lowest BCUT2D eigenvalue weighted by atomic mass is 9.77. The van der Waals surface area contributed by atoms with Crippen LogP contribution in [0.15, 0.2) is 18.2 Å². The molecule has 0 aromatic heterocycles. The highest BCUT2D eigenvalue weighted by atomic mass is 35.5. The zero-order valence-corrected chi connectivity index (χ0v) is 14.3. The fourth-order valence-electron chi connectivity index (χ4n) is 3.57. The average Bonchev–Trinajstić information content (AvgIpc) is 2.50. The van der Waals surface area contributed by atoms with E-state index in [4.69, 9.17) is 16.3 Å². The summed E-state index contributed by atoms with van der Waals surface area (Å²) < 4.78 is 6.02. The van der Waals surface area contributed by atoms with E-state index in [-0.39, 0.29) is 5.60 Å². The van der Waals surface area contributed by atoms with Crippen molar-refractivity contribution in [3.05, 3.63) is 34.3 Å². The molecule has 0 radical (unpaired) electrons. The molecule has 1 aliphatic rings. The summed E-state index contributed by atoms with van der Waals surface area (Å²) in [5.74, 6) is 0. The molecule has 0 amide bonds. The van der Waals surface area contributed by atoms with Gasteiger partial charge in [-0.25, -0.2) is 0 Å². The molecule has 1 fully saturated rings. The van der Waals surface area contributed by atoms with Crippen molar-refractivity contribution in [3.8, 4) is 0 Å². The van der Waals surface area contributed by atoms with Crippen LogP contribution < -0.4 is 5.32 Å². The van der Waals surface area contributed by atoms with Gasteiger partial charge in [0.1, 0.15) is 0 Å². The van der Waals surface area contributed by atoms with E-state index in [9.17, 15) is 0 Å². The van der Waals surface area contributed by atoms with Crippen molar-refractivity contribution < 1.29 is 4.74 Å². The Morgan fingerprint density at radius 1 is 1.29 bits per heavy atom. The smallest absolute Gasteiger partial charge is 0.0834 e. The van der Waals surface area contributed by atoms with Gasteiger partial charge in [0.2, 0.25) is 0 Å². The molecule has 1 N–H and O–H groups in total. The standard InChI is InChI=1S/C18H28ClNO/c1-4-20-17(18(21-3)10-6-5-7-11-18)13-15-9-8-14(2)12-16(15)19/h8-9,12,17,20H,4-7,10-11,13H2,1-3H3. The molecule has 1 saturated carbocycles. The third-order valence-corrected chi connectivity index (χ3v) is 5.18. The summed E-state index contributed by atoms with van der Waals surface area (Å²) >= 11 is 6.43. The first-order chi connectivity index (χ1) is 10.1. The highest BCUT2D eigenvalue weighted by molar-refractivity contribution is 6.31. The molecular weight excluding hydrogens is 282 g/mol. The van der Waals surface area contributed by atoms with Crippen molar-refractivity contribution in [2.75, 3.05) is 13.7 Å². The van der Waals surface area contributed by atoms with Gasteiger partial charge in [-0.1, -0.05) is 49.9 Å². The molecule has 0 aliphatic heterocycles. The number of ether oxygens (including phenoxy) is 1. The first-order valence-corrected chi connectivity index (χ1v) is 8.52. The van der Waals surface area contributed by atoms with Crippen molar-refractivity contribution in [3.63, 3.8) is 0 Å². The molecule has 2 rings (SSSR count). The summed E-state index contributed by atoms with van der Waals surface area (Å²) in [7, 11) is 1.87. The van der Waals surface area contributed by atoms with Crippen molar-refractivity contribution in [2.24, 2.45) is 0 Å². The Kier molecular flexibility index (Phi) is 6.09. The van der Waals surface area contributed by atoms with E-state index in [1.165, 1.54) is 30.4 Å². The highest BCUT2D eigenvalue weighted by Crippen LogP contribution is 2.36. The predicted octanol–water partition coefficient (Wildman–Crippen LogP) is 4.52. The molecule has 1 atom stereocenters. The summed E-state index contributed by atoms with van der Waals surface area (Å²) in [6.07, 6.45) is 7.07. The maximum Gasteiger partial charge on any atom is 0.0834 e. The lowest BCUT2D eigenvalue weighted by Crippen LogP contribution is -2.54. The SMILES string of the molecule is CCNC(Cc1ccc(C)cc1Cl)C1(OC)CCCCC1. The van der Waals surface area contributed by atoms with Gasteiger partial charge in [-0.05, 0) is 49.9 Å². The van der Waals surface area contributed by atoms with Crippen LogP contribution in [-0.4, -0.2) is 25.3 Å². The largest absolute Gasteiger partial charge is 0.377 e. The second-order valence-electron chi connectivity index (χ2n) is 6.24. The summed E-state index contributed by atoms with van der Waals surface area (Å²) in [5, 5.41) is 4.53. The summed E-state index contributed by atoms with van der Waals surface area (Å²) in [6.45, 7) is 5.20. The summed E-state index contributed by atoms with van der Waals surface area (Å²) in [6, 6.07) is 6.69. The molecule has 1 aliphatic carbocycles. The highest BCUT2D eigenvalue weighted by Gasteiger charge is 2.39. The lowest BCUT2D eigenvalue weighted by molar-refractivity contribution is -0.0669. The van der Waals surface area contributed by atoms with E-state index in [1.807, 2.05) is 7.11 Å². The minimum absolute atomic E-state index is 0.0392. The van der Waals surface area contributed by atoms with E-state index in [1.54, 1.807) is 0 Å². The number of methoxy groups -OCH3 is 1. The quantitative estimate of drug-likeness (QED) is 0.834. The molecule has 1 aromatic carbocycles. The second kappa shape index (κ2) is 7.62. The van der Waals surface area contributed by atoms with Crippen molar-refractivity contribution in [2.45, 2.75) is 64.0 Å². The minimum atomic E-state index is -0.0392. The van der Waals surface area contributed by atoms with Gasteiger partial charge in [0.15, 0.2) is 0 Å². The zero-order valence-electron chi connectivity index (χ0n) is 13.5. The Labute approximate surface area is 134 Å². The normalized spacial score (nSPS) is 19.4. The first kappa shape index (κ1) is 16.8. The van der Waals surface area contributed by atoms with E-state index in [0.717, 1.165) is 30.8 Å². The molecule has 0 saturated heterocycles. The first-order valence-electron chi connectivity index (χ1n) is 8.15. The van der Waals surface area contributed by atoms with Gasteiger partial charge in [-0.2, -0.15) is 0 Å². The van der Waals surface area contributed by atoms with Crippen LogP contribution in [0.5, 0.6) is 0 Å². The van der Waals surface area contributed by atoms with Crippen molar-refractivity contribution >= 4 is 11.6 Å². The molecule has 21 heavy (non-hydrogen) atoms. The Balaban J connectivity index is 2.21. The molecule has 1 unspecified atom stereocenters. The molecule has 0 heterocycles.